The molecule has 6 heteroatoms. The Morgan fingerprint density at radius 1 is 1.50 bits per heavy atom. The van der Waals surface area contributed by atoms with E-state index in [0.29, 0.717) is 29.6 Å². The van der Waals surface area contributed by atoms with Crippen LogP contribution in [-0.4, -0.2) is 41.5 Å². The van der Waals surface area contributed by atoms with Crippen LogP contribution in [0.15, 0.2) is 22.7 Å². The number of carbonyl (C=O) groups is 1. The third kappa shape index (κ3) is 3.88. The normalized spacial score (nSPS) is 21.9. The molecule has 1 atom stereocenters. The van der Waals surface area contributed by atoms with Crippen molar-refractivity contribution in [1.82, 2.24) is 4.90 Å². The van der Waals surface area contributed by atoms with E-state index in [9.17, 15) is 4.79 Å². The van der Waals surface area contributed by atoms with Gasteiger partial charge < -0.3 is 9.64 Å². The standard InChI is InChI=1S/C14H16BrCl2NO2/c1-14(2)8-18(7-12(6-16)20-14)13(19)9-3-10(15)5-11(17)4-9/h3-5,12H,6-8H2,1-2H3. The first kappa shape index (κ1) is 16.1. The van der Waals surface area contributed by atoms with E-state index in [1.807, 2.05) is 13.8 Å². The van der Waals surface area contributed by atoms with E-state index < -0.39 is 5.60 Å². The number of ether oxygens (including phenoxy) is 1. The molecule has 1 heterocycles. The second-order valence-corrected chi connectivity index (χ2v) is 7.16. The van der Waals surface area contributed by atoms with Crippen LogP contribution < -0.4 is 0 Å². The Balaban J connectivity index is 2.23. The topological polar surface area (TPSA) is 29.5 Å². The van der Waals surface area contributed by atoms with Crippen LogP contribution in [-0.2, 0) is 4.74 Å². The van der Waals surface area contributed by atoms with Crippen molar-refractivity contribution in [2.75, 3.05) is 19.0 Å². The van der Waals surface area contributed by atoms with Crippen molar-refractivity contribution in [1.29, 1.82) is 0 Å². The molecule has 1 fully saturated rings. The lowest BCUT2D eigenvalue weighted by Crippen LogP contribution is -2.55. The van der Waals surface area contributed by atoms with Crippen LogP contribution in [0.5, 0.6) is 0 Å². The molecule has 0 radical (unpaired) electrons. The van der Waals surface area contributed by atoms with Gasteiger partial charge >= 0.3 is 0 Å². The molecule has 0 bridgehead atoms. The second kappa shape index (κ2) is 6.22. The van der Waals surface area contributed by atoms with Crippen molar-refractivity contribution >= 4 is 45.0 Å². The number of alkyl halides is 1. The monoisotopic (exact) mass is 379 g/mol. The van der Waals surface area contributed by atoms with Crippen LogP contribution in [0.25, 0.3) is 0 Å². The summed E-state index contributed by atoms with van der Waals surface area (Å²) in [6.07, 6.45) is -0.146. The van der Waals surface area contributed by atoms with E-state index in [0.717, 1.165) is 4.47 Å². The van der Waals surface area contributed by atoms with Gasteiger partial charge in [0.25, 0.3) is 5.91 Å². The summed E-state index contributed by atoms with van der Waals surface area (Å²) < 4.78 is 6.61. The van der Waals surface area contributed by atoms with Gasteiger partial charge in [-0.25, -0.2) is 0 Å². The number of nitrogens with zero attached hydrogens (tertiary/aromatic N) is 1. The Morgan fingerprint density at radius 2 is 2.20 bits per heavy atom. The van der Waals surface area contributed by atoms with Crippen LogP contribution >= 0.6 is 39.1 Å². The summed E-state index contributed by atoms with van der Waals surface area (Å²) in [5.41, 5.74) is 0.166. The minimum absolute atomic E-state index is 0.0558. The molecule has 1 amide bonds. The van der Waals surface area contributed by atoms with Gasteiger partial charge in [0.05, 0.1) is 17.6 Å². The number of halogens is 3. The maximum Gasteiger partial charge on any atom is 0.254 e. The van der Waals surface area contributed by atoms with Gasteiger partial charge in [0.15, 0.2) is 0 Å². The average Bonchev–Trinajstić information content (AvgIpc) is 2.34. The van der Waals surface area contributed by atoms with Gasteiger partial charge in [0, 0.05) is 28.1 Å². The molecule has 1 aromatic rings. The first-order valence-corrected chi connectivity index (χ1v) is 8.00. The van der Waals surface area contributed by atoms with Crippen molar-refractivity contribution in [2.24, 2.45) is 0 Å². The fourth-order valence-corrected chi connectivity index (χ4v) is 3.41. The zero-order valence-corrected chi connectivity index (χ0v) is 14.4. The number of benzene rings is 1. The van der Waals surface area contributed by atoms with Gasteiger partial charge in [-0.1, -0.05) is 27.5 Å². The highest BCUT2D eigenvalue weighted by atomic mass is 79.9. The molecular weight excluding hydrogens is 365 g/mol. The van der Waals surface area contributed by atoms with Crippen LogP contribution in [0.1, 0.15) is 24.2 Å². The maximum absolute atomic E-state index is 12.6. The molecule has 1 unspecified atom stereocenters. The Labute approximate surface area is 137 Å². The molecule has 0 saturated carbocycles. The summed E-state index contributed by atoms with van der Waals surface area (Å²) in [4.78, 5) is 14.4. The molecule has 0 spiro atoms. The summed E-state index contributed by atoms with van der Waals surface area (Å²) in [5, 5.41) is 0.532. The molecule has 1 aromatic carbocycles. The Bertz CT molecular complexity index is 502. The van der Waals surface area contributed by atoms with E-state index >= 15 is 0 Å². The second-order valence-electron chi connectivity index (χ2n) is 5.50. The van der Waals surface area contributed by atoms with Gasteiger partial charge in [-0.2, -0.15) is 0 Å². The molecule has 0 aromatic heterocycles. The predicted molar refractivity (Wildman–Crippen MR) is 84.7 cm³/mol. The highest BCUT2D eigenvalue weighted by Crippen LogP contribution is 2.25. The predicted octanol–water partition coefficient (Wildman–Crippen LogP) is 3.96. The molecule has 20 heavy (non-hydrogen) atoms. The Hall–Kier alpha value is -0.290. The van der Waals surface area contributed by atoms with E-state index in [-0.39, 0.29) is 12.0 Å². The number of hydrogen-bond donors (Lipinski definition) is 0. The molecular formula is C14H16BrCl2NO2. The molecule has 1 aliphatic heterocycles. The fraction of sp³-hybridized carbons (Fsp3) is 0.500. The summed E-state index contributed by atoms with van der Waals surface area (Å²) in [5.74, 6) is 0.312. The first-order valence-electron chi connectivity index (χ1n) is 6.30. The summed E-state index contributed by atoms with van der Waals surface area (Å²) in [6.45, 7) is 4.94. The van der Waals surface area contributed by atoms with Crippen LogP contribution in [0.3, 0.4) is 0 Å². The molecule has 0 aliphatic carbocycles. The highest BCUT2D eigenvalue weighted by molar-refractivity contribution is 9.10. The van der Waals surface area contributed by atoms with E-state index in [1.54, 1.807) is 23.1 Å². The van der Waals surface area contributed by atoms with Crippen molar-refractivity contribution < 1.29 is 9.53 Å². The lowest BCUT2D eigenvalue weighted by Gasteiger charge is -2.42. The Morgan fingerprint density at radius 3 is 2.80 bits per heavy atom. The van der Waals surface area contributed by atoms with Crippen molar-refractivity contribution in [3.05, 3.63) is 33.3 Å². The van der Waals surface area contributed by atoms with Crippen LogP contribution in [0.2, 0.25) is 5.02 Å². The number of morpholine rings is 1. The first-order chi connectivity index (χ1) is 9.30. The zero-order valence-electron chi connectivity index (χ0n) is 11.3. The zero-order chi connectivity index (χ0) is 14.9. The van der Waals surface area contributed by atoms with Gasteiger partial charge in [-0.05, 0) is 32.0 Å². The third-order valence-electron chi connectivity index (χ3n) is 3.05. The number of amides is 1. The molecule has 2 rings (SSSR count). The van der Waals surface area contributed by atoms with Gasteiger partial charge in [0.2, 0.25) is 0 Å². The van der Waals surface area contributed by atoms with E-state index in [1.165, 1.54) is 0 Å². The average molecular weight is 381 g/mol. The SMILES string of the molecule is CC1(C)CN(C(=O)c2cc(Cl)cc(Br)c2)CC(CCl)O1. The number of rotatable bonds is 2. The lowest BCUT2D eigenvalue weighted by molar-refractivity contribution is -0.117. The number of hydrogen-bond acceptors (Lipinski definition) is 2. The summed E-state index contributed by atoms with van der Waals surface area (Å²) >= 11 is 15.2. The van der Waals surface area contributed by atoms with Gasteiger partial charge in [0.1, 0.15) is 0 Å². The molecule has 3 nitrogen and oxygen atoms in total. The maximum atomic E-state index is 12.6. The molecule has 1 aliphatic rings. The smallest absolute Gasteiger partial charge is 0.254 e. The largest absolute Gasteiger partial charge is 0.367 e. The van der Waals surface area contributed by atoms with E-state index in [2.05, 4.69) is 15.9 Å². The summed E-state index contributed by atoms with van der Waals surface area (Å²) in [7, 11) is 0. The lowest BCUT2D eigenvalue weighted by atomic mass is 10.0. The van der Waals surface area contributed by atoms with Gasteiger partial charge in [-0.15, -0.1) is 11.6 Å². The molecule has 0 N–H and O–H groups in total. The highest BCUT2D eigenvalue weighted by Gasteiger charge is 2.35. The van der Waals surface area contributed by atoms with Crippen LogP contribution in [0.4, 0.5) is 0 Å². The molecule has 1 saturated heterocycles. The van der Waals surface area contributed by atoms with Crippen molar-refractivity contribution in [2.45, 2.75) is 25.6 Å². The van der Waals surface area contributed by atoms with Crippen molar-refractivity contribution in [3.8, 4) is 0 Å². The third-order valence-corrected chi connectivity index (χ3v) is 4.07. The van der Waals surface area contributed by atoms with Crippen molar-refractivity contribution in [3.63, 3.8) is 0 Å². The Kier molecular flexibility index (Phi) is 5.00. The number of carbonyl (C=O) groups excluding carboxylic acids is 1. The molecule has 110 valence electrons. The fourth-order valence-electron chi connectivity index (χ4n) is 2.39. The minimum atomic E-state index is -0.400. The van der Waals surface area contributed by atoms with E-state index in [4.69, 9.17) is 27.9 Å². The quantitative estimate of drug-likeness (QED) is 0.726. The summed E-state index contributed by atoms with van der Waals surface area (Å²) in [6, 6.07) is 5.20. The van der Waals surface area contributed by atoms with Gasteiger partial charge in [-0.3, -0.25) is 4.79 Å². The minimum Gasteiger partial charge on any atom is -0.367 e. The van der Waals surface area contributed by atoms with Crippen LogP contribution in [0, 0.1) is 0 Å².